The van der Waals surface area contributed by atoms with Crippen molar-refractivity contribution in [3.8, 4) is 11.1 Å². The monoisotopic (exact) mass is 408 g/mol. The fourth-order valence-corrected chi connectivity index (χ4v) is 3.76. The smallest absolute Gasteiger partial charge is 0.228 e. The molecule has 7 nitrogen and oxygen atoms in total. The fraction of sp³-hybridized carbons (Fsp3) is 0.364. The lowest BCUT2D eigenvalue weighted by Crippen LogP contribution is -2.32. The molecule has 1 aliphatic rings. The van der Waals surface area contributed by atoms with Gasteiger partial charge in [0.25, 0.3) is 0 Å². The van der Waals surface area contributed by atoms with Gasteiger partial charge in [-0.25, -0.2) is 9.37 Å². The molecule has 0 bridgehead atoms. The lowest BCUT2D eigenvalue weighted by atomic mass is 10.0. The van der Waals surface area contributed by atoms with Crippen LogP contribution in [-0.4, -0.2) is 31.7 Å². The Hall–Kier alpha value is -3.29. The standard InChI is InChI=1S/C22H25FN6O/c1-13-5-10-20(30)29(13)21-19(23)12-24-22(27-21)26-14(2)16-6-8-17(9-7-16)18-11-25-28(4)15(18)3/h6-9,11-14H,5,10H2,1-4H3,(H,24,26,27)/t13-,14+/m1/s1. The van der Waals surface area contributed by atoms with Crippen LogP contribution < -0.4 is 10.2 Å². The van der Waals surface area contributed by atoms with E-state index in [4.69, 9.17) is 0 Å². The van der Waals surface area contributed by atoms with Gasteiger partial charge in [-0.05, 0) is 38.3 Å². The van der Waals surface area contributed by atoms with E-state index in [9.17, 15) is 9.18 Å². The van der Waals surface area contributed by atoms with Gasteiger partial charge in [0.15, 0.2) is 11.6 Å². The summed E-state index contributed by atoms with van der Waals surface area (Å²) in [5, 5.41) is 7.50. The number of carbonyl (C=O) groups is 1. The summed E-state index contributed by atoms with van der Waals surface area (Å²) in [6, 6.07) is 8.01. The predicted molar refractivity (Wildman–Crippen MR) is 114 cm³/mol. The van der Waals surface area contributed by atoms with Gasteiger partial charge in [0, 0.05) is 30.8 Å². The number of hydrogen-bond donors (Lipinski definition) is 1. The number of amides is 1. The fourth-order valence-electron chi connectivity index (χ4n) is 3.76. The second kappa shape index (κ2) is 7.85. The van der Waals surface area contributed by atoms with Crippen LogP contribution >= 0.6 is 0 Å². The highest BCUT2D eigenvalue weighted by Gasteiger charge is 2.32. The molecule has 0 unspecified atom stereocenters. The molecule has 0 saturated carbocycles. The van der Waals surface area contributed by atoms with Crippen LogP contribution in [0.2, 0.25) is 0 Å². The minimum atomic E-state index is -0.591. The molecule has 1 fully saturated rings. The first-order valence-corrected chi connectivity index (χ1v) is 10.0. The number of halogens is 1. The zero-order valence-corrected chi connectivity index (χ0v) is 17.6. The summed E-state index contributed by atoms with van der Waals surface area (Å²) in [6.07, 6.45) is 4.08. The molecule has 2 atom stereocenters. The molecule has 1 N–H and O–H groups in total. The van der Waals surface area contributed by atoms with Crippen molar-refractivity contribution in [2.24, 2.45) is 7.05 Å². The topological polar surface area (TPSA) is 75.9 Å². The Bertz CT molecular complexity index is 1080. The molecule has 1 aliphatic heterocycles. The molecule has 1 saturated heterocycles. The maximum atomic E-state index is 14.3. The van der Waals surface area contributed by atoms with Gasteiger partial charge in [0.1, 0.15) is 0 Å². The third kappa shape index (κ3) is 3.65. The second-order valence-corrected chi connectivity index (χ2v) is 7.77. The normalized spacial score (nSPS) is 17.4. The van der Waals surface area contributed by atoms with E-state index in [0.29, 0.717) is 12.8 Å². The summed E-state index contributed by atoms with van der Waals surface area (Å²) in [5.41, 5.74) is 4.34. The molecule has 0 spiro atoms. The zero-order valence-electron chi connectivity index (χ0n) is 17.6. The highest BCUT2D eigenvalue weighted by Crippen LogP contribution is 2.29. The van der Waals surface area contributed by atoms with Gasteiger partial charge in [-0.3, -0.25) is 14.4 Å². The lowest BCUT2D eigenvalue weighted by molar-refractivity contribution is -0.117. The number of anilines is 2. The lowest BCUT2D eigenvalue weighted by Gasteiger charge is -2.22. The van der Waals surface area contributed by atoms with Gasteiger partial charge in [-0.15, -0.1) is 0 Å². The van der Waals surface area contributed by atoms with Crippen molar-refractivity contribution < 1.29 is 9.18 Å². The van der Waals surface area contributed by atoms with E-state index in [0.717, 1.165) is 28.6 Å². The predicted octanol–water partition coefficient (Wildman–Crippen LogP) is 4.01. The third-order valence-electron chi connectivity index (χ3n) is 5.74. The number of aromatic nitrogens is 4. The van der Waals surface area contributed by atoms with Crippen LogP contribution in [0.5, 0.6) is 0 Å². The van der Waals surface area contributed by atoms with Gasteiger partial charge in [0.2, 0.25) is 11.9 Å². The summed E-state index contributed by atoms with van der Waals surface area (Å²) in [6.45, 7) is 5.92. The maximum absolute atomic E-state index is 14.3. The average molecular weight is 408 g/mol. The van der Waals surface area contributed by atoms with E-state index in [1.165, 1.54) is 4.90 Å². The van der Waals surface area contributed by atoms with Crippen LogP contribution in [0.15, 0.2) is 36.7 Å². The van der Waals surface area contributed by atoms with Crippen molar-refractivity contribution in [1.29, 1.82) is 0 Å². The molecule has 156 valence electrons. The van der Waals surface area contributed by atoms with Crippen LogP contribution in [0, 0.1) is 12.7 Å². The number of aryl methyl sites for hydroxylation is 1. The average Bonchev–Trinajstić information content (AvgIpc) is 3.25. The van der Waals surface area contributed by atoms with Crippen molar-refractivity contribution in [2.45, 2.75) is 45.7 Å². The number of benzene rings is 1. The van der Waals surface area contributed by atoms with Gasteiger partial charge in [0.05, 0.1) is 18.4 Å². The number of hydrogen-bond acceptors (Lipinski definition) is 5. The maximum Gasteiger partial charge on any atom is 0.228 e. The van der Waals surface area contributed by atoms with E-state index in [1.807, 2.05) is 50.8 Å². The Morgan fingerprint density at radius 1 is 1.23 bits per heavy atom. The first-order chi connectivity index (χ1) is 14.3. The first kappa shape index (κ1) is 20.0. The molecular weight excluding hydrogens is 383 g/mol. The van der Waals surface area contributed by atoms with Crippen LogP contribution in [0.4, 0.5) is 16.2 Å². The molecule has 8 heteroatoms. The van der Waals surface area contributed by atoms with Crippen molar-refractivity contribution in [2.75, 3.05) is 10.2 Å². The SMILES string of the molecule is Cc1c(-c2ccc([C@H](C)Nc3ncc(F)c(N4C(=O)CC[C@H]4C)n3)cc2)cnn1C. The van der Waals surface area contributed by atoms with Gasteiger partial charge in [-0.1, -0.05) is 24.3 Å². The largest absolute Gasteiger partial charge is 0.348 e. The molecule has 1 amide bonds. The number of nitrogens with zero attached hydrogens (tertiary/aromatic N) is 5. The van der Waals surface area contributed by atoms with E-state index >= 15 is 0 Å². The molecule has 3 heterocycles. The van der Waals surface area contributed by atoms with Crippen molar-refractivity contribution in [3.63, 3.8) is 0 Å². The summed E-state index contributed by atoms with van der Waals surface area (Å²) in [5.74, 6) is -0.373. The quantitative estimate of drug-likeness (QED) is 0.690. The molecule has 1 aromatic carbocycles. The molecule has 0 aliphatic carbocycles. The Labute approximate surface area is 175 Å². The van der Waals surface area contributed by atoms with E-state index in [2.05, 4.69) is 32.5 Å². The van der Waals surface area contributed by atoms with E-state index in [1.54, 1.807) is 0 Å². The van der Waals surface area contributed by atoms with E-state index < -0.39 is 5.82 Å². The van der Waals surface area contributed by atoms with Crippen molar-refractivity contribution >= 4 is 17.7 Å². The highest BCUT2D eigenvalue weighted by molar-refractivity contribution is 5.95. The third-order valence-corrected chi connectivity index (χ3v) is 5.74. The van der Waals surface area contributed by atoms with Crippen LogP contribution in [0.25, 0.3) is 11.1 Å². The molecule has 2 aromatic heterocycles. The van der Waals surface area contributed by atoms with Crippen molar-refractivity contribution in [1.82, 2.24) is 19.7 Å². The number of rotatable bonds is 5. The Balaban J connectivity index is 1.53. The van der Waals surface area contributed by atoms with E-state index in [-0.39, 0.29) is 29.8 Å². The van der Waals surface area contributed by atoms with Crippen LogP contribution in [-0.2, 0) is 11.8 Å². The van der Waals surface area contributed by atoms with Gasteiger partial charge >= 0.3 is 0 Å². The number of nitrogens with one attached hydrogen (secondary N) is 1. The molecule has 0 radical (unpaired) electrons. The minimum absolute atomic E-state index is 0.0390. The molecule has 30 heavy (non-hydrogen) atoms. The van der Waals surface area contributed by atoms with Crippen LogP contribution in [0.1, 0.15) is 44.0 Å². The Morgan fingerprint density at radius 3 is 2.57 bits per heavy atom. The van der Waals surface area contributed by atoms with Crippen LogP contribution in [0.3, 0.4) is 0 Å². The molecule has 4 rings (SSSR count). The van der Waals surface area contributed by atoms with Gasteiger partial charge < -0.3 is 5.32 Å². The minimum Gasteiger partial charge on any atom is -0.348 e. The zero-order chi connectivity index (χ0) is 21.4. The highest BCUT2D eigenvalue weighted by atomic mass is 19.1. The Kier molecular flexibility index (Phi) is 5.24. The summed E-state index contributed by atoms with van der Waals surface area (Å²) in [4.78, 5) is 21.9. The Morgan fingerprint density at radius 2 is 1.97 bits per heavy atom. The molecular formula is C22H25FN6O. The number of carbonyl (C=O) groups excluding carboxylic acids is 1. The molecule has 3 aromatic rings. The second-order valence-electron chi connectivity index (χ2n) is 7.77. The van der Waals surface area contributed by atoms with Gasteiger partial charge in [-0.2, -0.15) is 10.1 Å². The first-order valence-electron chi connectivity index (χ1n) is 10.0. The van der Waals surface area contributed by atoms with Crippen molar-refractivity contribution in [3.05, 3.63) is 53.7 Å². The summed E-state index contributed by atoms with van der Waals surface area (Å²) >= 11 is 0. The summed E-state index contributed by atoms with van der Waals surface area (Å²) < 4.78 is 16.2. The summed E-state index contributed by atoms with van der Waals surface area (Å²) in [7, 11) is 1.92.